The number of rotatable bonds is 8. The minimum absolute atomic E-state index is 0.0679. The van der Waals surface area contributed by atoms with Crippen LogP contribution < -0.4 is 5.84 Å². The fraction of sp³-hybridized carbons (Fsp3) is 0.393. The molecular formula is C28H33FN6O2. The van der Waals surface area contributed by atoms with Crippen molar-refractivity contribution in [2.75, 3.05) is 32.9 Å². The number of amides is 2. The summed E-state index contributed by atoms with van der Waals surface area (Å²) in [5, 5.41) is 7.35. The Morgan fingerprint density at radius 3 is 2.49 bits per heavy atom. The molecule has 0 atom stereocenters. The standard InChI is InChI=1S/C28H33FN6O2/c1-2-13-34(16-5-12-29)28(37)24-17-23-11-10-22(18-25(23)31-26(19-24)32-33-30)20-6-8-21(9-7-20)27(36)35-14-3-4-15-35/h6-11,17-18H,2-5,12-16,19H2,1H3,(H2,30,31,32). The second kappa shape index (κ2) is 12.4. The van der Waals surface area contributed by atoms with Gasteiger partial charge in [-0.15, -0.1) is 5.11 Å². The minimum Gasteiger partial charge on any atom is -0.339 e. The van der Waals surface area contributed by atoms with Gasteiger partial charge in [-0.3, -0.25) is 14.0 Å². The number of fused-ring (bicyclic) bond motifs is 1. The van der Waals surface area contributed by atoms with Gasteiger partial charge < -0.3 is 15.6 Å². The number of amidine groups is 1. The van der Waals surface area contributed by atoms with Crippen molar-refractivity contribution in [2.24, 2.45) is 21.2 Å². The molecule has 2 aliphatic rings. The van der Waals surface area contributed by atoms with E-state index in [2.05, 4.69) is 15.3 Å². The van der Waals surface area contributed by atoms with Crippen LogP contribution in [0.3, 0.4) is 0 Å². The van der Waals surface area contributed by atoms with Crippen molar-refractivity contribution in [3.63, 3.8) is 0 Å². The average Bonchev–Trinajstić information content (AvgIpc) is 3.39. The largest absolute Gasteiger partial charge is 0.339 e. The van der Waals surface area contributed by atoms with Crippen LogP contribution in [0, 0.1) is 0 Å². The number of nitrogens with two attached hydrogens (primary N) is 1. The van der Waals surface area contributed by atoms with Gasteiger partial charge >= 0.3 is 0 Å². The van der Waals surface area contributed by atoms with Gasteiger partial charge in [0, 0.05) is 49.3 Å². The van der Waals surface area contributed by atoms with Gasteiger partial charge in [-0.05, 0) is 61.1 Å². The molecule has 0 spiro atoms. The first-order valence-electron chi connectivity index (χ1n) is 12.8. The van der Waals surface area contributed by atoms with Crippen molar-refractivity contribution in [2.45, 2.75) is 39.0 Å². The summed E-state index contributed by atoms with van der Waals surface area (Å²) in [6.45, 7) is 4.04. The topological polar surface area (TPSA) is 104 Å². The number of aliphatic imine (C=N–C) groups is 1. The van der Waals surface area contributed by atoms with E-state index in [0.717, 1.165) is 49.0 Å². The Kier molecular flexibility index (Phi) is 8.77. The Balaban J connectivity index is 1.63. The molecular weight excluding hydrogens is 471 g/mol. The summed E-state index contributed by atoms with van der Waals surface area (Å²) in [6, 6.07) is 13.4. The molecule has 2 aliphatic heterocycles. The first-order chi connectivity index (χ1) is 18.0. The number of carbonyl (C=O) groups excluding carboxylic acids is 2. The second-order valence-electron chi connectivity index (χ2n) is 9.27. The van der Waals surface area contributed by atoms with Crippen LogP contribution in [-0.4, -0.2) is 60.3 Å². The predicted molar refractivity (Wildman–Crippen MR) is 143 cm³/mol. The van der Waals surface area contributed by atoms with E-state index in [-0.39, 0.29) is 18.2 Å². The number of hydrogen-bond acceptors (Lipinski definition) is 5. The maximum Gasteiger partial charge on any atom is 0.253 e. The number of benzene rings is 2. The van der Waals surface area contributed by atoms with Crippen molar-refractivity contribution in [3.8, 4) is 11.1 Å². The summed E-state index contributed by atoms with van der Waals surface area (Å²) in [5.74, 6) is 5.55. The number of hydrogen-bond donors (Lipinski definition) is 1. The van der Waals surface area contributed by atoms with Gasteiger partial charge in [0.25, 0.3) is 5.91 Å². The molecule has 0 bridgehead atoms. The van der Waals surface area contributed by atoms with Gasteiger partial charge in [0.2, 0.25) is 5.91 Å². The molecule has 194 valence electrons. The highest BCUT2D eigenvalue weighted by atomic mass is 19.1. The monoisotopic (exact) mass is 504 g/mol. The summed E-state index contributed by atoms with van der Waals surface area (Å²) in [7, 11) is 0. The zero-order chi connectivity index (χ0) is 26.2. The smallest absolute Gasteiger partial charge is 0.253 e. The van der Waals surface area contributed by atoms with E-state index < -0.39 is 6.67 Å². The first kappa shape index (κ1) is 26.2. The average molecular weight is 505 g/mol. The maximum absolute atomic E-state index is 13.3. The molecule has 1 fully saturated rings. The van der Waals surface area contributed by atoms with Crippen molar-refractivity contribution in [1.29, 1.82) is 0 Å². The lowest BCUT2D eigenvalue weighted by atomic mass is 9.99. The van der Waals surface area contributed by atoms with Gasteiger partial charge in [-0.25, -0.2) is 4.99 Å². The van der Waals surface area contributed by atoms with Crippen LogP contribution in [0.2, 0.25) is 0 Å². The Bertz CT molecular complexity index is 1220. The van der Waals surface area contributed by atoms with Crippen LogP contribution in [-0.2, 0) is 4.79 Å². The molecule has 37 heavy (non-hydrogen) atoms. The Hall–Kier alpha value is -3.88. The summed E-state index contributed by atoms with van der Waals surface area (Å²) in [4.78, 5) is 34.2. The van der Waals surface area contributed by atoms with Gasteiger partial charge in [-0.2, -0.15) is 0 Å². The van der Waals surface area contributed by atoms with Crippen molar-refractivity contribution < 1.29 is 14.0 Å². The van der Waals surface area contributed by atoms with E-state index in [9.17, 15) is 14.0 Å². The molecule has 0 aromatic heterocycles. The van der Waals surface area contributed by atoms with Crippen molar-refractivity contribution >= 4 is 29.4 Å². The third-order valence-corrected chi connectivity index (χ3v) is 6.61. The third kappa shape index (κ3) is 6.28. The lowest BCUT2D eigenvalue weighted by Gasteiger charge is -2.22. The predicted octanol–water partition coefficient (Wildman–Crippen LogP) is 5.33. The van der Waals surface area contributed by atoms with E-state index in [0.29, 0.717) is 42.2 Å². The molecule has 2 heterocycles. The number of nitrogens with zero attached hydrogens (tertiary/aromatic N) is 5. The molecule has 0 unspecified atom stereocenters. The van der Waals surface area contributed by atoms with Crippen molar-refractivity contribution in [3.05, 3.63) is 59.2 Å². The molecule has 4 rings (SSSR count). The highest BCUT2D eigenvalue weighted by Gasteiger charge is 2.23. The third-order valence-electron chi connectivity index (χ3n) is 6.61. The summed E-state index contributed by atoms with van der Waals surface area (Å²) >= 11 is 0. The Labute approximate surface area is 216 Å². The van der Waals surface area contributed by atoms with Crippen LogP contribution in [0.15, 0.2) is 63.4 Å². The SMILES string of the molecule is CCCN(CCCF)C(=O)C1=Cc2ccc(-c3ccc(C(=O)N4CCCC4)cc3)cc2N=C(N=NN)C1. The van der Waals surface area contributed by atoms with Crippen LogP contribution in [0.4, 0.5) is 10.1 Å². The van der Waals surface area contributed by atoms with Crippen LogP contribution in [0.5, 0.6) is 0 Å². The second-order valence-corrected chi connectivity index (χ2v) is 9.27. The summed E-state index contributed by atoms with van der Waals surface area (Å²) in [6.07, 6.45) is 5.18. The molecule has 0 saturated carbocycles. The lowest BCUT2D eigenvalue weighted by molar-refractivity contribution is -0.127. The Morgan fingerprint density at radius 1 is 1.08 bits per heavy atom. The molecule has 1 saturated heterocycles. The van der Waals surface area contributed by atoms with Gasteiger partial charge in [0.1, 0.15) is 0 Å². The maximum atomic E-state index is 13.3. The van der Waals surface area contributed by atoms with Gasteiger partial charge in [-0.1, -0.05) is 36.4 Å². The van der Waals surface area contributed by atoms with E-state index in [1.165, 1.54) is 0 Å². The first-order valence-corrected chi connectivity index (χ1v) is 12.8. The minimum atomic E-state index is -0.473. The van der Waals surface area contributed by atoms with E-state index in [1.54, 1.807) is 4.90 Å². The molecule has 2 aromatic rings. The van der Waals surface area contributed by atoms with Crippen molar-refractivity contribution in [1.82, 2.24) is 9.80 Å². The number of likely N-dealkylation sites (tertiary alicyclic amines) is 1. The quantitative estimate of drug-likeness (QED) is 0.298. The fourth-order valence-corrected chi connectivity index (χ4v) is 4.74. The normalized spacial score (nSPS) is 15.2. The lowest BCUT2D eigenvalue weighted by Crippen LogP contribution is -2.34. The summed E-state index contributed by atoms with van der Waals surface area (Å²) in [5.41, 5.74) is 4.48. The van der Waals surface area contributed by atoms with E-state index >= 15 is 0 Å². The van der Waals surface area contributed by atoms with E-state index in [1.807, 2.05) is 60.4 Å². The molecule has 0 aliphatic carbocycles. The number of alkyl halides is 1. The van der Waals surface area contributed by atoms with Crippen LogP contribution in [0.1, 0.15) is 54.9 Å². The molecule has 2 aromatic carbocycles. The number of halogens is 1. The highest BCUT2D eigenvalue weighted by Crippen LogP contribution is 2.33. The molecule has 8 nitrogen and oxygen atoms in total. The van der Waals surface area contributed by atoms with Crippen LogP contribution in [0.25, 0.3) is 17.2 Å². The zero-order valence-corrected chi connectivity index (χ0v) is 21.2. The summed E-state index contributed by atoms with van der Waals surface area (Å²) < 4.78 is 12.8. The van der Waals surface area contributed by atoms with Crippen LogP contribution >= 0.6 is 0 Å². The zero-order valence-electron chi connectivity index (χ0n) is 21.2. The molecule has 0 radical (unpaired) electrons. The van der Waals surface area contributed by atoms with E-state index in [4.69, 9.17) is 5.84 Å². The molecule has 2 amide bonds. The van der Waals surface area contributed by atoms with Gasteiger partial charge in [0.05, 0.1) is 12.4 Å². The Morgan fingerprint density at radius 2 is 1.81 bits per heavy atom. The number of carbonyl (C=O) groups is 2. The van der Waals surface area contributed by atoms with Gasteiger partial charge in [0.15, 0.2) is 5.84 Å². The molecule has 2 N–H and O–H groups in total. The fourth-order valence-electron chi connectivity index (χ4n) is 4.74. The highest BCUT2D eigenvalue weighted by molar-refractivity contribution is 6.06. The molecule has 9 heteroatoms.